The van der Waals surface area contributed by atoms with Crippen LogP contribution in [0, 0.1) is 0 Å². The Morgan fingerprint density at radius 2 is 1.97 bits per heavy atom. The van der Waals surface area contributed by atoms with Crippen molar-refractivity contribution < 1.29 is 24.0 Å². The van der Waals surface area contributed by atoms with Crippen molar-refractivity contribution in [3.63, 3.8) is 0 Å². The highest BCUT2D eigenvalue weighted by atomic mass is 32.2. The van der Waals surface area contributed by atoms with Gasteiger partial charge >= 0.3 is 5.97 Å². The quantitative estimate of drug-likeness (QED) is 0.431. The first-order valence-corrected chi connectivity index (χ1v) is 10.7. The predicted molar refractivity (Wildman–Crippen MR) is 114 cm³/mol. The van der Waals surface area contributed by atoms with Gasteiger partial charge in [-0.3, -0.25) is 4.89 Å². The lowest BCUT2D eigenvalue weighted by Crippen LogP contribution is -2.33. The topological polar surface area (TPSA) is 57.2 Å². The number of para-hydroxylation sites is 1. The monoisotopic (exact) mass is 417 g/mol. The summed E-state index contributed by atoms with van der Waals surface area (Å²) in [6.07, 6.45) is -0.276. The van der Waals surface area contributed by atoms with Crippen LogP contribution in [0.5, 0.6) is 5.75 Å². The Labute approximate surface area is 176 Å². The van der Waals surface area contributed by atoms with E-state index in [1.165, 1.54) is 17.7 Å². The van der Waals surface area contributed by atoms with Gasteiger partial charge in [-0.15, -0.1) is 11.8 Å². The molecular weight excluding hydrogens is 390 g/mol. The lowest BCUT2D eigenvalue weighted by atomic mass is 10.1. The molecule has 0 saturated heterocycles. The van der Waals surface area contributed by atoms with Crippen molar-refractivity contribution in [3.05, 3.63) is 54.1 Å². The fraction of sp³-hybridized carbons (Fsp3) is 0.409. The number of carbonyl (C=O) groups excluding carboxylic acids is 1. The van der Waals surface area contributed by atoms with Gasteiger partial charge in [0.05, 0.1) is 19.3 Å². The first-order chi connectivity index (χ1) is 14.2. The minimum Gasteiger partial charge on any atom is -0.492 e. The molecule has 6 nitrogen and oxygen atoms in total. The highest BCUT2D eigenvalue weighted by Gasteiger charge is 2.22. The number of fused-ring (bicyclic) bond motifs is 1. The number of rotatable bonds is 10. The Bertz CT molecular complexity index is 783. The fourth-order valence-electron chi connectivity index (χ4n) is 3.22. The number of thioether (sulfide) groups is 1. The molecular formula is C22H27NO5S. The summed E-state index contributed by atoms with van der Waals surface area (Å²) < 4.78 is 11.4. The zero-order valence-corrected chi connectivity index (χ0v) is 17.7. The van der Waals surface area contributed by atoms with E-state index in [-0.39, 0.29) is 0 Å². The second-order valence-electron chi connectivity index (χ2n) is 6.51. The molecule has 7 heteroatoms. The summed E-state index contributed by atoms with van der Waals surface area (Å²) >= 11 is 1.90. The van der Waals surface area contributed by atoms with Crippen LogP contribution in [0.15, 0.2) is 53.4 Å². The lowest BCUT2D eigenvalue weighted by molar-refractivity contribution is -0.263. The van der Waals surface area contributed by atoms with Crippen LogP contribution in [0.4, 0.5) is 5.69 Å². The largest absolute Gasteiger partial charge is 0.492 e. The molecule has 0 radical (unpaired) electrons. The third kappa shape index (κ3) is 6.13. The van der Waals surface area contributed by atoms with Crippen LogP contribution >= 0.6 is 11.8 Å². The van der Waals surface area contributed by atoms with Crippen molar-refractivity contribution in [2.45, 2.75) is 24.3 Å². The van der Waals surface area contributed by atoms with Crippen LogP contribution < -0.4 is 9.64 Å². The zero-order valence-electron chi connectivity index (χ0n) is 16.8. The summed E-state index contributed by atoms with van der Waals surface area (Å²) in [5.74, 6) is 1.37. The summed E-state index contributed by atoms with van der Waals surface area (Å²) in [5, 5.41) is 0. The molecule has 0 aliphatic carbocycles. The zero-order chi connectivity index (χ0) is 20.5. The fourth-order valence-corrected chi connectivity index (χ4v) is 4.27. The van der Waals surface area contributed by atoms with Gasteiger partial charge in [0.2, 0.25) is 0 Å². The van der Waals surface area contributed by atoms with Crippen LogP contribution in [-0.2, 0) is 25.7 Å². The molecule has 1 unspecified atom stereocenters. The van der Waals surface area contributed by atoms with Gasteiger partial charge in [0, 0.05) is 30.2 Å². The van der Waals surface area contributed by atoms with Crippen molar-refractivity contribution in [3.8, 4) is 5.75 Å². The third-order valence-corrected chi connectivity index (χ3v) is 5.64. The van der Waals surface area contributed by atoms with Gasteiger partial charge < -0.3 is 14.4 Å². The molecule has 3 rings (SSSR count). The molecule has 1 heterocycles. The number of hydrogen-bond acceptors (Lipinski definition) is 7. The summed E-state index contributed by atoms with van der Waals surface area (Å²) in [6.45, 7) is 4.74. The van der Waals surface area contributed by atoms with Gasteiger partial charge in [-0.2, -0.15) is 4.89 Å². The van der Waals surface area contributed by atoms with E-state index in [0.717, 1.165) is 30.2 Å². The molecule has 1 atom stereocenters. The van der Waals surface area contributed by atoms with Gasteiger partial charge in [0.25, 0.3) is 0 Å². The Balaban J connectivity index is 1.50. The van der Waals surface area contributed by atoms with Gasteiger partial charge in [0.15, 0.2) is 6.10 Å². The van der Waals surface area contributed by atoms with Crippen LogP contribution in [0.1, 0.15) is 12.5 Å². The number of anilines is 1. The van der Waals surface area contributed by atoms with Crippen LogP contribution in [0.3, 0.4) is 0 Å². The van der Waals surface area contributed by atoms with E-state index in [0.29, 0.717) is 19.6 Å². The normalized spacial score (nSPS) is 14.2. The van der Waals surface area contributed by atoms with Crippen molar-refractivity contribution in [2.24, 2.45) is 0 Å². The second-order valence-corrected chi connectivity index (χ2v) is 7.65. The number of carbonyl (C=O) groups is 1. The molecule has 1 aliphatic rings. The highest BCUT2D eigenvalue weighted by Crippen LogP contribution is 2.33. The van der Waals surface area contributed by atoms with Gasteiger partial charge in [-0.25, -0.2) is 4.79 Å². The Morgan fingerprint density at radius 1 is 1.17 bits per heavy atom. The molecule has 29 heavy (non-hydrogen) atoms. The van der Waals surface area contributed by atoms with Crippen LogP contribution in [-0.4, -0.2) is 51.2 Å². The maximum Gasteiger partial charge on any atom is 0.371 e. The summed E-state index contributed by atoms with van der Waals surface area (Å²) in [5.41, 5.74) is 2.25. The van der Waals surface area contributed by atoms with E-state index in [9.17, 15) is 4.79 Å². The van der Waals surface area contributed by atoms with Crippen molar-refractivity contribution >= 4 is 23.4 Å². The summed E-state index contributed by atoms with van der Waals surface area (Å²) in [7, 11) is 1.30. The lowest BCUT2D eigenvalue weighted by Gasteiger charge is -2.30. The molecule has 2 aromatic carbocycles. The molecule has 0 bridgehead atoms. The average Bonchev–Trinajstić information content (AvgIpc) is 2.75. The number of hydrogen-bond donors (Lipinski definition) is 0. The van der Waals surface area contributed by atoms with Crippen molar-refractivity contribution in [1.82, 2.24) is 0 Å². The smallest absolute Gasteiger partial charge is 0.371 e. The molecule has 0 aromatic heterocycles. The molecule has 0 saturated carbocycles. The Hall–Kier alpha value is -2.22. The van der Waals surface area contributed by atoms with Crippen molar-refractivity contribution in [1.29, 1.82) is 0 Å². The number of benzene rings is 2. The van der Waals surface area contributed by atoms with Crippen molar-refractivity contribution in [2.75, 3.05) is 44.1 Å². The minimum absolute atomic E-state index is 0.415. The SMILES string of the molecule is CCOC(Cc1ccc(OCCN2CCSc3ccccc32)cc1)C(=O)OOC. The van der Waals surface area contributed by atoms with Gasteiger partial charge in [-0.1, -0.05) is 24.3 Å². The van der Waals surface area contributed by atoms with Gasteiger partial charge in [-0.05, 0) is 36.8 Å². The maximum atomic E-state index is 11.9. The maximum absolute atomic E-state index is 11.9. The standard InChI is InChI=1S/C22H27NO5S/c1-3-26-20(22(24)28-25-2)16-17-8-10-18(11-9-17)27-14-12-23-13-15-29-21-7-5-4-6-19(21)23/h4-11,20H,3,12-16H2,1-2H3. The predicted octanol–water partition coefficient (Wildman–Crippen LogP) is 3.73. The molecule has 0 N–H and O–H groups in total. The minimum atomic E-state index is -0.691. The van der Waals surface area contributed by atoms with E-state index in [4.69, 9.17) is 9.47 Å². The van der Waals surface area contributed by atoms with Gasteiger partial charge in [0.1, 0.15) is 12.4 Å². The molecule has 1 aliphatic heterocycles. The molecule has 156 valence electrons. The average molecular weight is 418 g/mol. The molecule has 0 spiro atoms. The molecule has 0 fully saturated rings. The van der Waals surface area contributed by atoms with E-state index >= 15 is 0 Å². The Morgan fingerprint density at radius 3 is 2.72 bits per heavy atom. The van der Waals surface area contributed by atoms with E-state index in [2.05, 4.69) is 38.9 Å². The molecule has 0 amide bonds. The Kier molecular flexibility index (Phi) is 8.22. The molecule has 2 aromatic rings. The van der Waals surface area contributed by atoms with E-state index < -0.39 is 12.1 Å². The summed E-state index contributed by atoms with van der Waals surface area (Å²) in [4.78, 5) is 24.6. The first kappa shape index (κ1) is 21.5. The van der Waals surface area contributed by atoms with Crippen LogP contribution in [0.25, 0.3) is 0 Å². The third-order valence-electron chi connectivity index (χ3n) is 4.60. The summed E-state index contributed by atoms with van der Waals surface area (Å²) in [6, 6.07) is 16.2. The highest BCUT2D eigenvalue weighted by molar-refractivity contribution is 7.99. The number of ether oxygens (including phenoxy) is 2. The van der Waals surface area contributed by atoms with E-state index in [1.807, 2.05) is 43.0 Å². The van der Waals surface area contributed by atoms with E-state index in [1.54, 1.807) is 0 Å². The van der Waals surface area contributed by atoms with Crippen LogP contribution in [0.2, 0.25) is 0 Å². The first-order valence-electron chi connectivity index (χ1n) is 9.76. The second kappa shape index (κ2) is 11.1. The number of nitrogens with zero attached hydrogens (tertiary/aromatic N) is 1.